The average Bonchev–Trinajstić information content (AvgIpc) is 2.70. The van der Waals surface area contributed by atoms with Gasteiger partial charge < -0.3 is 15.0 Å². The number of ether oxygens (including phenoxy) is 1. The van der Waals surface area contributed by atoms with E-state index in [4.69, 9.17) is 4.74 Å². The third kappa shape index (κ3) is 5.71. The van der Waals surface area contributed by atoms with Crippen LogP contribution >= 0.6 is 0 Å². The second-order valence-electron chi connectivity index (χ2n) is 7.38. The summed E-state index contributed by atoms with van der Waals surface area (Å²) in [4.78, 5) is 14.8. The number of rotatable bonds is 6. The van der Waals surface area contributed by atoms with Gasteiger partial charge in [-0.1, -0.05) is 6.07 Å². The first-order chi connectivity index (χ1) is 13.7. The molecule has 0 spiro atoms. The second kappa shape index (κ2) is 8.84. The van der Waals surface area contributed by atoms with Gasteiger partial charge in [0.25, 0.3) is 5.91 Å². The highest BCUT2D eigenvalue weighted by Crippen LogP contribution is 2.22. The Bertz CT molecular complexity index is 952. The fraction of sp³-hybridized carbons (Fsp3) is 0.381. The molecule has 1 fully saturated rings. The third-order valence-corrected chi connectivity index (χ3v) is 6.26. The van der Waals surface area contributed by atoms with E-state index in [0.29, 0.717) is 16.9 Å². The molecule has 0 bridgehead atoms. The maximum atomic E-state index is 12.6. The highest BCUT2D eigenvalue weighted by molar-refractivity contribution is 7.92. The van der Waals surface area contributed by atoms with E-state index in [0.717, 1.165) is 42.2 Å². The lowest BCUT2D eigenvalue weighted by Crippen LogP contribution is -2.35. The minimum absolute atomic E-state index is 0.223. The molecule has 8 heteroatoms. The molecule has 156 valence electrons. The Balaban J connectivity index is 1.62. The molecule has 0 aliphatic carbocycles. The molecule has 0 unspecified atom stereocenters. The number of hydrogen-bond acceptors (Lipinski definition) is 5. The summed E-state index contributed by atoms with van der Waals surface area (Å²) in [5, 5.41) is 2.83. The van der Waals surface area contributed by atoms with Gasteiger partial charge in [-0.05, 0) is 62.4 Å². The van der Waals surface area contributed by atoms with Crippen molar-refractivity contribution in [3.63, 3.8) is 0 Å². The first-order valence-corrected chi connectivity index (χ1v) is 11.4. The molecule has 2 aromatic rings. The molecule has 29 heavy (non-hydrogen) atoms. The topological polar surface area (TPSA) is 79.0 Å². The molecule has 0 atom stereocenters. The first kappa shape index (κ1) is 21.1. The normalized spacial score (nSPS) is 15.7. The lowest BCUT2D eigenvalue weighted by atomic mass is 10.1. The Kier molecular flexibility index (Phi) is 6.44. The summed E-state index contributed by atoms with van der Waals surface area (Å²) < 4.78 is 30.6. The fourth-order valence-corrected chi connectivity index (χ4v) is 3.65. The van der Waals surface area contributed by atoms with Gasteiger partial charge in [-0.25, -0.2) is 8.42 Å². The average molecular weight is 418 g/mol. The van der Waals surface area contributed by atoms with Crippen LogP contribution in [0.4, 0.5) is 11.4 Å². The molecule has 3 rings (SSSR count). The molecule has 0 saturated carbocycles. The van der Waals surface area contributed by atoms with Crippen molar-refractivity contribution in [3.8, 4) is 5.75 Å². The number of nitrogens with one attached hydrogen (secondary N) is 1. The van der Waals surface area contributed by atoms with Crippen molar-refractivity contribution in [2.45, 2.75) is 18.9 Å². The maximum absolute atomic E-state index is 12.6. The molecule has 1 saturated heterocycles. The number of carbonyl (C=O) groups is 1. The van der Waals surface area contributed by atoms with E-state index in [1.54, 1.807) is 36.4 Å². The second-order valence-corrected chi connectivity index (χ2v) is 9.39. The Morgan fingerprint density at radius 2 is 1.79 bits per heavy atom. The fourth-order valence-electron chi connectivity index (χ4n) is 3.15. The number of anilines is 2. The van der Waals surface area contributed by atoms with Crippen molar-refractivity contribution < 1.29 is 17.9 Å². The monoisotopic (exact) mass is 417 g/mol. The molecular weight excluding hydrogens is 390 g/mol. The van der Waals surface area contributed by atoms with E-state index in [1.165, 1.54) is 7.05 Å². The van der Waals surface area contributed by atoms with Gasteiger partial charge in [0, 0.05) is 31.4 Å². The number of amides is 1. The highest BCUT2D eigenvalue weighted by Gasteiger charge is 2.18. The lowest BCUT2D eigenvalue weighted by Gasteiger charge is -2.29. The van der Waals surface area contributed by atoms with E-state index < -0.39 is 10.0 Å². The summed E-state index contributed by atoms with van der Waals surface area (Å²) in [5.74, 6) is 0.479. The van der Waals surface area contributed by atoms with Gasteiger partial charge in [-0.15, -0.1) is 0 Å². The van der Waals surface area contributed by atoms with Crippen LogP contribution in [0.2, 0.25) is 0 Å². The van der Waals surface area contributed by atoms with Crippen molar-refractivity contribution >= 4 is 27.3 Å². The summed E-state index contributed by atoms with van der Waals surface area (Å²) in [6, 6.07) is 13.8. The molecule has 1 aliphatic heterocycles. The molecule has 7 nitrogen and oxygen atoms in total. The van der Waals surface area contributed by atoms with E-state index >= 15 is 0 Å². The molecule has 1 heterocycles. The van der Waals surface area contributed by atoms with E-state index in [-0.39, 0.29) is 12.0 Å². The van der Waals surface area contributed by atoms with Crippen LogP contribution in [0.5, 0.6) is 5.75 Å². The van der Waals surface area contributed by atoms with Crippen LogP contribution in [-0.4, -0.2) is 58.8 Å². The predicted octanol–water partition coefficient (Wildman–Crippen LogP) is 2.81. The quantitative estimate of drug-likeness (QED) is 0.782. The van der Waals surface area contributed by atoms with Crippen molar-refractivity contribution in [3.05, 3.63) is 54.1 Å². The Morgan fingerprint density at radius 1 is 1.14 bits per heavy atom. The molecule has 2 aromatic carbocycles. The SMILES string of the molecule is CN1CCC(Oc2ccc(NC(=O)c3cccc(N(C)S(C)(=O)=O)c3)cc2)CC1. The summed E-state index contributed by atoms with van der Waals surface area (Å²) >= 11 is 0. The van der Waals surface area contributed by atoms with Gasteiger partial charge in [0.15, 0.2) is 0 Å². The minimum Gasteiger partial charge on any atom is -0.490 e. The molecule has 1 amide bonds. The number of sulfonamides is 1. The summed E-state index contributed by atoms with van der Waals surface area (Å²) in [5.41, 5.74) is 1.46. The zero-order valence-electron chi connectivity index (χ0n) is 17.0. The number of likely N-dealkylation sites (tertiary alicyclic amines) is 1. The minimum atomic E-state index is -3.39. The maximum Gasteiger partial charge on any atom is 0.255 e. The molecule has 0 aromatic heterocycles. The van der Waals surface area contributed by atoms with Gasteiger partial charge >= 0.3 is 0 Å². The van der Waals surface area contributed by atoms with Crippen LogP contribution in [-0.2, 0) is 10.0 Å². The standard InChI is InChI=1S/C21H27N3O4S/c1-23-13-11-20(12-14-23)28-19-9-7-17(8-10-19)22-21(25)16-5-4-6-18(15-16)24(2)29(3,26)27/h4-10,15,20H,11-14H2,1-3H3,(H,22,25). The van der Waals surface area contributed by atoms with Crippen LogP contribution in [0.1, 0.15) is 23.2 Å². The Labute approximate surface area is 172 Å². The number of carbonyl (C=O) groups excluding carboxylic acids is 1. The Hall–Kier alpha value is -2.58. The van der Waals surface area contributed by atoms with Gasteiger partial charge in [-0.2, -0.15) is 0 Å². The summed E-state index contributed by atoms with van der Waals surface area (Å²) in [6.45, 7) is 2.07. The highest BCUT2D eigenvalue weighted by atomic mass is 32.2. The third-order valence-electron chi connectivity index (χ3n) is 5.05. The van der Waals surface area contributed by atoms with Crippen LogP contribution in [0, 0.1) is 0 Å². The van der Waals surface area contributed by atoms with Crippen LogP contribution in [0.25, 0.3) is 0 Å². The van der Waals surface area contributed by atoms with Crippen LogP contribution < -0.4 is 14.4 Å². The largest absolute Gasteiger partial charge is 0.490 e. The van der Waals surface area contributed by atoms with Crippen molar-refractivity contribution in [1.29, 1.82) is 0 Å². The van der Waals surface area contributed by atoms with Crippen LogP contribution in [0.3, 0.4) is 0 Å². The smallest absolute Gasteiger partial charge is 0.255 e. The van der Waals surface area contributed by atoms with E-state index in [9.17, 15) is 13.2 Å². The van der Waals surface area contributed by atoms with Gasteiger partial charge in [0.1, 0.15) is 11.9 Å². The van der Waals surface area contributed by atoms with Gasteiger partial charge in [-0.3, -0.25) is 9.10 Å². The predicted molar refractivity (Wildman–Crippen MR) is 115 cm³/mol. The number of piperidine rings is 1. The lowest BCUT2D eigenvalue weighted by molar-refractivity contribution is 0.102. The molecular formula is C21H27N3O4S. The number of nitrogens with zero attached hydrogens (tertiary/aromatic N) is 2. The number of hydrogen-bond donors (Lipinski definition) is 1. The molecule has 1 aliphatic rings. The first-order valence-electron chi connectivity index (χ1n) is 9.53. The Morgan fingerprint density at radius 3 is 2.41 bits per heavy atom. The van der Waals surface area contributed by atoms with Crippen molar-refractivity contribution in [1.82, 2.24) is 4.90 Å². The summed E-state index contributed by atoms with van der Waals surface area (Å²) in [7, 11) is 0.175. The van der Waals surface area contributed by atoms with Crippen LogP contribution in [0.15, 0.2) is 48.5 Å². The van der Waals surface area contributed by atoms with Crippen molar-refractivity contribution in [2.75, 3.05) is 43.1 Å². The summed E-state index contributed by atoms with van der Waals surface area (Å²) in [6.07, 6.45) is 3.36. The van der Waals surface area contributed by atoms with E-state index in [1.807, 2.05) is 12.1 Å². The van der Waals surface area contributed by atoms with Gasteiger partial charge in [0.2, 0.25) is 10.0 Å². The zero-order valence-corrected chi connectivity index (χ0v) is 17.8. The number of benzene rings is 2. The van der Waals surface area contributed by atoms with E-state index in [2.05, 4.69) is 17.3 Å². The van der Waals surface area contributed by atoms with Crippen molar-refractivity contribution in [2.24, 2.45) is 0 Å². The van der Waals surface area contributed by atoms with Gasteiger partial charge in [0.05, 0.1) is 11.9 Å². The zero-order chi connectivity index (χ0) is 21.0. The molecule has 1 N–H and O–H groups in total. The molecule has 0 radical (unpaired) electrons.